The molecule has 1 unspecified atom stereocenters. The van der Waals surface area contributed by atoms with Gasteiger partial charge >= 0.3 is 0 Å². The molecule has 1 saturated heterocycles. The van der Waals surface area contributed by atoms with Crippen molar-refractivity contribution in [1.29, 1.82) is 0 Å². The molecule has 1 atom stereocenters. The van der Waals surface area contributed by atoms with Gasteiger partial charge in [-0.15, -0.1) is 0 Å². The molecular formula is C13H17IN2O. The fraction of sp³-hybridized carbons (Fsp3) is 0.462. The number of benzene rings is 1. The van der Waals surface area contributed by atoms with Crippen LogP contribution in [-0.4, -0.2) is 19.0 Å². The average molecular weight is 344 g/mol. The summed E-state index contributed by atoms with van der Waals surface area (Å²) >= 11 is 2.29. The van der Waals surface area contributed by atoms with Gasteiger partial charge < -0.3 is 10.6 Å². The Hall–Kier alpha value is -0.620. The van der Waals surface area contributed by atoms with E-state index in [-0.39, 0.29) is 11.8 Å². The van der Waals surface area contributed by atoms with Crippen LogP contribution in [0, 0.1) is 16.4 Å². The van der Waals surface area contributed by atoms with Crippen molar-refractivity contribution in [3.8, 4) is 0 Å². The van der Waals surface area contributed by atoms with Crippen LogP contribution in [0.5, 0.6) is 0 Å². The SMILES string of the molecule is Cc1c(I)cccc1NC(=O)C1CCCNC1. The summed E-state index contributed by atoms with van der Waals surface area (Å²) in [5, 5.41) is 6.30. The number of piperidine rings is 1. The zero-order valence-electron chi connectivity index (χ0n) is 9.92. The predicted molar refractivity (Wildman–Crippen MR) is 78.1 cm³/mol. The Morgan fingerprint density at radius 1 is 1.53 bits per heavy atom. The molecule has 4 heteroatoms. The van der Waals surface area contributed by atoms with Crippen LogP contribution < -0.4 is 10.6 Å². The van der Waals surface area contributed by atoms with Crippen LogP contribution in [0.4, 0.5) is 5.69 Å². The van der Waals surface area contributed by atoms with Crippen molar-refractivity contribution in [2.45, 2.75) is 19.8 Å². The van der Waals surface area contributed by atoms with Crippen molar-refractivity contribution in [3.63, 3.8) is 0 Å². The lowest BCUT2D eigenvalue weighted by molar-refractivity contribution is -0.120. The Balaban J connectivity index is 2.04. The lowest BCUT2D eigenvalue weighted by Gasteiger charge is -2.22. The molecule has 17 heavy (non-hydrogen) atoms. The van der Waals surface area contributed by atoms with Crippen LogP contribution in [0.1, 0.15) is 18.4 Å². The van der Waals surface area contributed by atoms with Crippen molar-refractivity contribution in [2.24, 2.45) is 5.92 Å². The van der Waals surface area contributed by atoms with Crippen LogP contribution >= 0.6 is 22.6 Å². The van der Waals surface area contributed by atoms with E-state index < -0.39 is 0 Å². The number of amides is 1. The molecule has 2 rings (SSSR count). The minimum atomic E-state index is 0.112. The molecule has 2 N–H and O–H groups in total. The fourth-order valence-electron chi connectivity index (χ4n) is 2.05. The van der Waals surface area contributed by atoms with Crippen LogP contribution in [0.15, 0.2) is 18.2 Å². The van der Waals surface area contributed by atoms with Crippen molar-refractivity contribution in [1.82, 2.24) is 5.32 Å². The van der Waals surface area contributed by atoms with Gasteiger partial charge in [-0.05, 0) is 66.6 Å². The van der Waals surface area contributed by atoms with Crippen molar-refractivity contribution in [2.75, 3.05) is 18.4 Å². The van der Waals surface area contributed by atoms with Crippen molar-refractivity contribution >= 4 is 34.2 Å². The van der Waals surface area contributed by atoms with Gasteiger partial charge in [0.1, 0.15) is 0 Å². The van der Waals surface area contributed by atoms with Gasteiger partial charge in [-0.2, -0.15) is 0 Å². The number of anilines is 1. The predicted octanol–water partition coefficient (Wildman–Crippen LogP) is 2.54. The quantitative estimate of drug-likeness (QED) is 0.810. The van der Waals surface area contributed by atoms with Gasteiger partial charge in [0.05, 0.1) is 5.92 Å². The van der Waals surface area contributed by atoms with Gasteiger partial charge in [-0.25, -0.2) is 0 Å². The number of hydrogen-bond donors (Lipinski definition) is 2. The minimum Gasteiger partial charge on any atom is -0.326 e. The molecule has 0 bridgehead atoms. The average Bonchev–Trinajstić information content (AvgIpc) is 2.36. The molecule has 1 amide bonds. The second-order valence-corrected chi connectivity index (χ2v) is 5.61. The van der Waals surface area contributed by atoms with E-state index >= 15 is 0 Å². The summed E-state index contributed by atoms with van der Waals surface area (Å²) in [6.07, 6.45) is 2.07. The maximum atomic E-state index is 12.1. The van der Waals surface area contributed by atoms with Gasteiger partial charge in [0.25, 0.3) is 0 Å². The summed E-state index contributed by atoms with van der Waals surface area (Å²) in [5.41, 5.74) is 2.08. The van der Waals surface area contributed by atoms with Gasteiger partial charge in [0.15, 0.2) is 0 Å². The number of hydrogen-bond acceptors (Lipinski definition) is 2. The molecule has 0 saturated carbocycles. The first-order valence-corrected chi connectivity index (χ1v) is 7.03. The molecule has 0 aliphatic carbocycles. The monoisotopic (exact) mass is 344 g/mol. The van der Waals surface area contributed by atoms with E-state index in [9.17, 15) is 4.79 Å². The number of carbonyl (C=O) groups excluding carboxylic acids is 1. The second-order valence-electron chi connectivity index (χ2n) is 4.44. The topological polar surface area (TPSA) is 41.1 Å². The molecule has 0 spiro atoms. The third-order valence-electron chi connectivity index (χ3n) is 3.19. The highest BCUT2D eigenvalue weighted by Crippen LogP contribution is 2.21. The van der Waals surface area contributed by atoms with E-state index in [2.05, 4.69) is 33.2 Å². The highest BCUT2D eigenvalue weighted by molar-refractivity contribution is 14.1. The Morgan fingerprint density at radius 3 is 3.06 bits per heavy atom. The third kappa shape index (κ3) is 3.19. The standard InChI is InChI=1S/C13H17IN2O/c1-9-11(14)5-2-6-12(9)16-13(17)10-4-3-7-15-8-10/h2,5-6,10,15H,3-4,7-8H2,1H3,(H,16,17). The Kier molecular flexibility index (Phi) is 4.39. The van der Waals surface area contributed by atoms with E-state index in [1.54, 1.807) is 0 Å². The maximum Gasteiger partial charge on any atom is 0.228 e. The lowest BCUT2D eigenvalue weighted by atomic mass is 9.98. The number of carbonyl (C=O) groups is 1. The molecule has 1 heterocycles. The largest absolute Gasteiger partial charge is 0.326 e. The highest BCUT2D eigenvalue weighted by atomic mass is 127. The lowest BCUT2D eigenvalue weighted by Crippen LogP contribution is -2.37. The first kappa shape index (κ1) is 12.8. The summed E-state index contributed by atoms with van der Waals surface area (Å²) < 4.78 is 1.18. The fourth-order valence-corrected chi connectivity index (χ4v) is 2.55. The summed E-state index contributed by atoms with van der Waals surface area (Å²) in [7, 11) is 0. The summed E-state index contributed by atoms with van der Waals surface area (Å²) in [6, 6.07) is 5.99. The molecule has 1 aromatic rings. The molecular weight excluding hydrogens is 327 g/mol. The summed E-state index contributed by atoms with van der Waals surface area (Å²) in [5.74, 6) is 0.253. The van der Waals surface area contributed by atoms with E-state index in [0.717, 1.165) is 37.2 Å². The van der Waals surface area contributed by atoms with E-state index in [1.807, 2.05) is 25.1 Å². The van der Waals surface area contributed by atoms with Gasteiger partial charge in [-0.1, -0.05) is 6.07 Å². The van der Waals surface area contributed by atoms with Gasteiger partial charge in [0.2, 0.25) is 5.91 Å². The normalized spacial score (nSPS) is 20.0. The molecule has 1 aliphatic heterocycles. The van der Waals surface area contributed by atoms with Crippen LogP contribution in [-0.2, 0) is 4.79 Å². The van der Waals surface area contributed by atoms with Crippen LogP contribution in [0.3, 0.4) is 0 Å². The molecule has 3 nitrogen and oxygen atoms in total. The highest BCUT2D eigenvalue weighted by Gasteiger charge is 2.21. The molecule has 1 aliphatic rings. The Bertz CT molecular complexity index is 414. The zero-order chi connectivity index (χ0) is 12.3. The summed E-state index contributed by atoms with van der Waals surface area (Å²) in [4.78, 5) is 12.1. The Labute approximate surface area is 116 Å². The minimum absolute atomic E-state index is 0.112. The van der Waals surface area contributed by atoms with Crippen LogP contribution in [0.25, 0.3) is 0 Å². The number of halogens is 1. The first-order valence-electron chi connectivity index (χ1n) is 5.95. The smallest absolute Gasteiger partial charge is 0.228 e. The van der Waals surface area contributed by atoms with Gasteiger partial charge in [0, 0.05) is 15.8 Å². The van der Waals surface area contributed by atoms with Crippen LogP contribution in [0.2, 0.25) is 0 Å². The van der Waals surface area contributed by atoms with E-state index in [4.69, 9.17) is 0 Å². The molecule has 1 aromatic carbocycles. The summed E-state index contributed by atoms with van der Waals surface area (Å²) in [6.45, 7) is 3.87. The Morgan fingerprint density at radius 2 is 2.35 bits per heavy atom. The molecule has 1 fully saturated rings. The number of nitrogens with one attached hydrogen (secondary N) is 2. The maximum absolute atomic E-state index is 12.1. The number of rotatable bonds is 2. The van der Waals surface area contributed by atoms with Crippen molar-refractivity contribution < 1.29 is 4.79 Å². The van der Waals surface area contributed by atoms with E-state index in [0.29, 0.717) is 0 Å². The second kappa shape index (κ2) is 5.82. The van der Waals surface area contributed by atoms with Gasteiger partial charge in [-0.3, -0.25) is 4.79 Å². The molecule has 0 aromatic heterocycles. The third-order valence-corrected chi connectivity index (χ3v) is 4.36. The van der Waals surface area contributed by atoms with Crippen molar-refractivity contribution in [3.05, 3.63) is 27.3 Å². The van der Waals surface area contributed by atoms with E-state index in [1.165, 1.54) is 3.57 Å². The molecule has 92 valence electrons. The molecule has 0 radical (unpaired) electrons. The zero-order valence-corrected chi connectivity index (χ0v) is 12.1. The first-order chi connectivity index (χ1) is 8.18.